The van der Waals surface area contributed by atoms with E-state index in [0.29, 0.717) is 139 Å². The minimum absolute atomic E-state index is 0.0280. The lowest BCUT2D eigenvalue weighted by Crippen LogP contribution is -2.54. The van der Waals surface area contributed by atoms with E-state index >= 15 is 0 Å². The van der Waals surface area contributed by atoms with Gasteiger partial charge in [-0.2, -0.15) is 0 Å². The molecule has 0 aromatic heterocycles. The zero-order valence-corrected chi connectivity index (χ0v) is 33.5. The zero-order chi connectivity index (χ0) is 41.5. The average Bonchev–Trinajstić information content (AvgIpc) is 3.47. The number of imide groups is 2. The topological polar surface area (TPSA) is 205 Å². The molecular weight excluding hydrogens is 762 g/mol. The SMILES string of the molecule is C=CCOCCOCCOCCOCCOCCOCCOCCOCCOCCOCCCCCC(=O)Nc1cccc2c1C(=O)N(C1CCC(=O)NC1=O)C2=O. The van der Waals surface area contributed by atoms with Crippen LogP contribution in [-0.2, 0) is 61.8 Å². The van der Waals surface area contributed by atoms with E-state index in [-0.39, 0.29) is 42.0 Å². The first-order valence-corrected chi connectivity index (χ1v) is 20.0. The molecule has 0 bridgehead atoms. The third kappa shape index (κ3) is 19.8. The highest BCUT2D eigenvalue weighted by molar-refractivity contribution is 6.26. The summed E-state index contributed by atoms with van der Waals surface area (Å²) in [7, 11) is 0. The Balaban J connectivity index is 1.02. The van der Waals surface area contributed by atoms with Crippen LogP contribution in [-0.4, -0.2) is 173 Å². The second-order valence-electron chi connectivity index (χ2n) is 12.9. The van der Waals surface area contributed by atoms with Crippen LogP contribution in [0.4, 0.5) is 5.69 Å². The average molecular weight is 824 g/mol. The minimum Gasteiger partial charge on any atom is -0.379 e. The predicted molar refractivity (Wildman–Crippen MR) is 209 cm³/mol. The first-order valence-electron chi connectivity index (χ1n) is 20.0. The third-order valence-corrected chi connectivity index (χ3v) is 8.52. The van der Waals surface area contributed by atoms with Crippen molar-refractivity contribution in [1.29, 1.82) is 0 Å². The normalized spacial score (nSPS) is 15.2. The van der Waals surface area contributed by atoms with E-state index in [4.69, 9.17) is 47.4 Å². The van der Waals surface area contributed by atoms with E-state index in [1.165, 1.54) is 6.07 Å². The van der Waals surface area contributed by atoms with Crippen LogP contribution in [0.25, 0.3) is 0 Å². The number of rotatable bonds is 37. The molecule has 0 radical (unpaired) electrons. The maximum Gasteiger partial charge on any atom is 0.264 e. The minimum atomic E-state index is -1.07. The standard InChI is InChI=1S/C40H61N3O15/c1-2-12-49-14-16-51-18-20-53-22-24-55-26-28-57-30-31-58-29-27-56-25-23-54-21-19-52-17-15-50-13-5-3-4-9-35(44)41-33-8-6-7-32-37(33)40(48)43(39(32)47)34-10-11-36(45)42-38(34)46/h2,6-8,34H,1,3-5,9-31H2,(H,41,44)(H,42,45,46). The number of anilines is 1. The van der Waals surface area contributed by atoms with Gasteiger partial charge in [0, 0.05) is 19.4 Å². The van der Waals surface area contributed by atoms with Gasteiger partial charge >= 0.3 is 0 Å². The first-order chi connectivity index (χ1) is 28.4. The Morgan fingerprint density at radius 3 is 1.57 bits per heavy atom. The lowest BCUT2D eigenvalue weighted by molar-refractivity contribution is -0.136. The van der Waals surface area contributed by atoms with Crippen molar-refractivity contribution in [2.45, 2.75) is 44.6 Å². The molecule has 2 heterocycles. The second-order valence-corrected chi connectivity index (χ2v) is 12.9. The molecule has 1 atom stereocenters. The fourth-order valence-corrected chi connectivity index (χ4v) is 5.64. The van der Waals surface area contributed by atoms with E-state index in [1.807, 2.05) is 0 Å². The maximum atomic E-state index is 13.2. The summed E-state index contributed by atoms with van der Waals surface area (Å²) in [5.41, 5.74) is 0.381. The summed E-state index contributed by atoms with van der Waals surface area (Å²) in [6.07, 6.45) is 4.15. The monoisotopic (exact) mass is 823 g/mol. The van der Waals surface area contributed by atoms with E-state index in [9.17, 15) is 24.0 Å². The molecule has 2 aliphatic heterocycles. The number of unbranched alkanes of at least 4 members (excludes halogenated alkanes) is 2. The maximum absolute atomic E-state index is 13.2. The van der Waals surface area contributed by atoms with Crippen molar-refractivity contribution in [3.05, 3.63) is 42.0 Å². The molecule has 1 saturated heterocycles. The molecule has 5 amide bonds. The van der Waals surface area contributed by atoms with Crippen molar-refractivity contribution in [2.75, 3.05) is 137 Å². The first kappa shape index (κ1) is 48.7. The van der Waals surface area contributed by atoms with Gasteiger partial charge < -0.3 is 52.7 Å². The number of carbonyl (C=O) groups is 5. The van der Waals surface area contributed by atoms with E-state index in [0.717, 1.165) is 17.7 Å². The molecule has 0 aliphatic carbocycles. The Bertz CT molecular complexity index is 1380. The molecule has 18 heteroatoms. The lowest BCUT2D eigenvalue weighted by Gasteiger charge is -2.27. The quantitative estimate of drug-likeness (QED) is 0.0559. The number of benzene rings is 1. The van der Waals surface area contributed by atoms with Gasteiger partial charge in [-0.05, 0) is 31.4 Å². The van der Waals surface area contributed by atoms with Crippen LogP contribution in [0, 0.1) is 0 Å². The fourth-order valence-electron chi connectivity index (χ4n) is 5.64. The molecule has 1 aromatic carbocycles. The van der Waals surface area contributed by atoms with Gasteiger partial charge in [0.2, 0.25) is 17.7 Å². The second kappa shape index (κ2) is 31.3. The number of piperidine rings is 1. The highest BCUT2D eigenvalue weighted by atomic mass is 16.6. The van der Waals surface area contributed by atoms with Gasteiger partial charge in [0.1, 0.15) is 6.04 Å². The molecular formula is C40H61N3O15. The highest BCUT2D eigenvalue weighted by Crippen LogP contribution is 2.32. The molecule has 1 unspecified atom stereocenters. The smallest absolute Gasteiger partial charge is 0.264 e. The van der Waals surface area contributed by atoms with Gasteiger partial charge in [0.25, 0.3) is 11.8 Å². The summed E-state index contributed by atoms with van der Waals surface area (Å²) >= 11 is 0. The number of fused-ring (bicyclic) bond motifs is 1. The van der Waals surface area contributed by atoms with Gasteiger partial charge in [-0.3, -0.25) is 34.2 Å². The van der Waals surface area contributed by atoms with Crippen LogP contribution in [0.5, 0.6) is 0 Å². The zero-order valence-electron chi connectivity index (χ0n) is 33.5. The molecule has 0 saturated carbocycles. The van der Waals surface area contributed by atoms with Gasteiger partial charge in [-0.25, -0.2) is 0 Å². The summed E-state index contributed by atoms with van der Waals surface area (Å²) in [5.74, 6) is -2.72. The van der Waals surface area contributed by atoms with Crippen molar-refractivity contribution in [1.82, 2.24) is 10.2 Å². The van der Waals surface area contributed by atoms with E-state index in [1.54, 1.807) is 18.2 Å². The van der Waals surface area contributed by atoms with Crippen LogP contribution in [0.3, 0.4) is 0 Å². The van der Waals surface area contributed by atoms with Gasteiger partial charge in [0.05, 0.1) is 142 Å². The van der Waals surface area contributed by atoms with Gasteiger partial charge in [-0.15, -0.1) is 6.58 Å². The molecule has 18 nitrogen and oxygen atoms in total. The number of carbonyl (C=O) groups excluding carboxylic acids is 5. The van der Waals surface area contributed by atoms with Crippen LogP contribution in [0.2, 0.25) is 0 Å². The third-order valence-electron chi connectivity index (χ3n) is 8.52. The van der Waals surface area contributed by atoms with E-state index < -0.39 is 29.7 Å². The van der Waals surface area contributed by atoms with Crippen LogP contribution >= 0.6 is 0 Å². The number of hydrogen-bond acceptors (Lipinski definition) is 15. The fraction of sp³-hybridized carbons (Fsp3) is 0.675. The summed E-state index contributed by atoms with van der Waals surface area (Å²) in [4.78, 5) is 63.5. The van der Waals surface area contributed by atoms with Gasteiger partial charge in [0.15, 0.2) is 0 Å². The molecule has 2 aliphatic rings. The molecule has 2 N–H and O–H groups in total. The largest absolute Gasteiger partial charge is 0.379 e. The van der Waals surface area contributed by atoms with Crippen molar-refractivity contribution >= 4 is 35.2 Å². The van der Waals surface area contributed by atoms with Gasteiger partial charge in [-0.1, -0.05) is 18.6 Å². The Kier molecular flexibility index (Phi) is 26.2. The molecule has 326 valence electrons. The Morgan fingerprint density at radius 2 is 1.10 bits per heavy atom. The molecule has 1 aromatic rings. The summed E-state index contributed by atoms with van der Waals surface area (Å²) in [5, 5.41) is 4.90. The Hall–Kier alpha value is -3.69. The molecule has 0 spiro atoms. The molecule has 58 heavy (non-hydrogen) atoms. The van der Waals surface area contributed by atoms with Crippen molar-refractivity contribution < 1.29 is 71.3 Å². The number of nitrogens with one attached hydrogen (secondary N) is 2. The van der Waals surface area contributed by atoms with E-state index in [2.05, 4.69) is 17.2 Å². The predicted octanol–water partition coefficient (Wildman–Crippen LogP) is 1.94. The number of ether oxygens (including phenoxy) is 10. The highest BCUT2D eigenvalue weighted by Gasteiger charge is 2.45. The summed E-state index contributed by atoms with van der Waals surface area (Å²) in [6, 6.07) is 3.53. The Morgan fingerprint density at radius 1 is 0.638 bits per heavy atom. The summed E-state index contributed by atoms with van der Waals surface area (Å²) < 4.78 is 54.5. The number of amides is 5. The van der Waals surface area contributed by atoms with Crippen molar-refractivity contribution in [3.8, 4) is 0 Å². The van der Waals surface area contributed by atoms with Crippen LogP contribution in [0.15, 0.2) is 30.9 Å². The van der Waals surface area contributed by atoms with Crippen molar-refractivity contribution in [2.24, 2.45) is 0 Å². The Labute approximate surface area is 340 Å². The van der Waals surface area contributed by atoms with Crippen LogP contribution < -0.4 is 10.6 Å². The number of hydrogen-bond donors (Lipinski definition) is 2. The van der Waals surface area contributed by atoms with Crippen LogP contribution in [0.1, 0.15) is 59.2 Å². The lowest BCUT2D eigenvalue weighted by atomic mass is 10.0. The molecule has 3 rings (SSSR count). The summed E-state index contributed by atoms with van der Waals surface area (Å²) in [6.45, 7) is 13.4. The number of nitrogens with zero attached hydrogens (tertiary/aromatic N) is 1. The van der Waals surface area contributed by atoms with Crippen molar-refractivity contribution in [3.63, 3.8) is 0 Å². The molecule has 1 fully saturated rings.